The van der Waals surface area contributed by atoms with Crippen LogP contribution in [0.2, 0.25) is 0 Å². The van der Waals surface area contributed by atoms with Crippen molar-refractivity contribution in [3.63, 3.8) is 0 Å². The fourth-order valence-corrected chi connectivity index (χ4v) is 4.56. The van der Waals surface area contributed by atoms with E-state index < -0.39 is 0 Å². The maximum Gasteiger partial charge on any atom is 0.176 e. The first kappa shape index (κ1) is 23.4. The van der Waals surface area contributed by atoms with Crippen molar-refractivity contribution in [1.82, 2.24) is 35.5 Å². The quantitative estimate of drug-likeness (QED) is 0.206. The number of hydrogen-bond acceptors (Lipinski definition) is 6. The van der Waals surface area contributed by atoms with E-state index in [1.807, 2.05) is 38.1 Å². The number of nitrogens with one attached hydrogen (secondary N) is 3. The summed E-state index contributed by atoms with van der Waals surface area (Å²) in [6.45, 7) is 11.9. The zero-order valence-corrected chi connectivity index (χ0v) is 20.7. The van der Waals surface area contributed by atoms with E-state index in [0.29, 0.717) is 22.6 Å². The van der Waals surface area contributed by atoms with Crippen LogP contribution in [0.3, 0.4) is 0 Å². The Morgan fingerprint density at radius 2 is 2.00 bits per heavy atom. The molecule has 0 spiro atoms. The summed E-state index contributed by atoms with van der Waals surface area (Å²) in [6.07, 6.45) is 9.94. The summed E-state index contributed by atoms with van der Waals surface area (Å²) in [5.74, 6) is 0.553. The lowest BCUT2D eigenvalue weighted by atomic mass is 10.1. The number of rotatable bonds is 8. The molecule has 9 heteroatoms. The second-order valence-corrected chi connectivity index (χ2v) is 9.10. The Morgan fingerprint density at radius 3 is 2.72 bits per heavy atom. The van der Waals surface area contributed by atoms with Crippen LogP contribution in [0.5, 0.6) is 0 Å². The predicted molar refractivity (Wildman–Crippen MR) is 145 cm³/mol. The van der Waals surface area contributed by atoms with Gasteiger partial charge in [0.15, 0.2) is 16.6 Å². The second kappa shape index (κ2) is 9.71. The average Bonchev–Trinajstić information content (AvgIpc) is 3.63. The SMILES string of the molecule is C=C/C(=C\C(=C/C)c1ccc2[nH]nc(-c3nc4c(-c5ccc(F)s5)cncc4[nH]3)c2n1)NC(=C)CC. The van der Waals surface area contributed by atoms with Gasteiger partial charge in [-0.05, 0) is 55.3 Å². The van der Waals surface area contributed by atoms with Crippen LogP contribution in [0.25, 0.3) is 49.6 Å². The number of halogens is 1. The molecule has 0 unspecified atom stereocenters. The first-order valence-corrected chi connectivity index (χ1v) is 12.2. The molecule has 7 nitrogen and oxygen atoms in total. The molecule has 0 radical (unpaired) electrons. The van der Waals surface area contributed by atoms with Crippen LogP contribution in [0, 0.1) is 5.13 Å². The van der Waals surface area contributed by atoms with Crippen LogP contribution in [-0.4, -0.2) is 30.1 Å². The molecule has 0 fully saturated rings. The molecule has 0 aliphatic rings. The molecule has 0 bridgehead atoms. The first-order chi connectivity index (χ1) is 17.5. The van der Waals surface area contributed by atoms with Crippen molar-refractivity contribution in [2.45, 2.75) is 20.3 Å². The molecule has 0 aliphatic heterocycles. The maximum atomic E-state index is 13.7. The Morgan fingerprint density at radius 1 is 1.14 bits per heavy atom. The van der Waals surface area contributed by atoms with Gasteiger partial charge in [-0.2, -0.15) is 9.49 Å². The molecule has 36 heavy (non-hydrogen) atoms. The molecular weight excluding hydrogens is 473 g/mol. The summed E-state index contributed by atoms with van der Waals surface area (Å²) in [5, 5.41) is 10.5. The third kappa shape index (κ3) is 4.36. The van der Waals surface area contributed by atoms with E-state index in [2.05, 4.69) is 38.6 Å². The van der Waals surface area contributed by atoms with Gasteiger partial charge < -0.3 is 10.3 Å². The van der Waals surface area contributed by atoms with Gasteiger partial charge in [0.1, 0.15) is 11.0 Å². The van der Waals surface area contributed by atoms with Gasteiger partial charge in [0.25, 0.3) is 0 Å². The van der Waals surface area contributed by atoms with Crippen molar-refractivity contribution in [3.8, 4) is 22.0 Å². The van der Waals surface area contributed by atoms with Crippen LogP contribution < -0.4 is 5.32 Å². The lowest BCUT2D eigenvalue weighted by Gasteiger charge is -2.10. The van der Waals surface area contributed by atoms with Crippen LogP contribution >= 0.6 is 11.3 Å². The number of hydrogen-bond donors (Lipinski definition) is 3. The minimum Gasteiger partial charge on any atom is -0.359 e. The number of pyridine rings is 2. The average molecular weight is 498 g/mol. The van der Waals surface area contributed by atoms with Gasteiger partial charge in [0, 0.05) is 28.0 Å². The van der Waals surface area contributed by atoms with Crippen LogP contribution in [-0.2, 0) is 0 Å². The Balaban J connectivity index is 1.57. The molecule has 0 atom stereocenters. The van der Waals surface area contributed by atoms with Gasteiger partial charge in [-0.1, -0.05) is 26.2 Å². The zero-order chi connectivity index (χ0) is 25.2. The van der Waals surface area contributed by atoms with Crippen molar-refractivity contribution in [3.05, 3.63) is 90.3 Å². The molecule has 0 saturated carbocycles. The van der Waals surface area contributed by atoms with E-state index in [1.165, 1.54) is 6.07 Å². The van der Waals surface area contributed by atoms with Crippen molar-refractivity contribution in [2.24, 2.45) is 0 Å². The third-order valence-electron chi connectivity index (χ3n) is 5.75. The fraction of sp³-hybridized carbons (Fsp3) is 0.111. The molecule has 5 heterocycles. The molecule has 180 valence electrons. The van der Waals surface area contributed by atoms with E-state index in [-0.39, 0.29) is 5.13 Å². The summed E-state index contributed by atoms with van der Waals surface area (Å²) >= 11 is 1.06. The van der Waals surface area contributed by atoms with E-state index in [0.717, 1.165) is 61.9 Å². The van der Waals surface area contributed by atoms with E-state index in [9.17, 15) is 4.39 Å². The van der Waals surface area contributed by atoms with E-state index in [1.54, 1.807) is 24.5 Å². The zero-order valence-electron chi connectivity index (χ0n) is 19.9. The molecule has 5 aromatic heterocycles. The normalized spacial score (nSPS) is 12.4. The summed E-state index contributed by atoms with van der Waals surface area (Å²) < 4.78 is 13.7. The fourth-order valence-electron chi connectivity index (χ4n) is 3.82. The van der Waals surface area contributed by atoms with Gasteiger partial charge in [-0.25, -0.2) is 9.97 Å². The highest BCUT2D eigenvalue weighted by atomic mass is 32.1. The monoisotopic (exact) mass is 497 g/mol. The molecule has 0 aromatic carbocycles. The Labute approximate surface area is 211 Å². The maximum absolute atomic E-state index is 13.7. The topological polar surface area (TPSA) is 95.2 Å². The molecular formula is C27H24FN7S. The summed E-state index contributed by atoms with van der Waals surface area (Å²) in [6, 6.07) is 7.06. The van der Waals surface area contributed by atoms with Crippen LogP contribution in [0.1, 0.15) is 26.0 Å². The lowest BCUT2D eigenvalue weighted by molar-refractivity contribution is 0.657. The van der Waals surface area contributed by atoms with Gasteiger partial charge in [-0.15, -0.1) is 11.3 Å². The number of aromatic amines is 2. The van der Waals surface area contributed by atoms with Gasteiger partial charge in [-0.3, -0.25) is 10.1 Å². The molecule has 5 rings (SSSR count). The highest BCUT2D eigenvalue weighted by Crippen LogP contribution is 2.33. The number of allylic oxidation sites excluding steroid dienone is 5. The third-order valence-corrected chi connectivity index (χ3v) is 6.66. The first-order valence-electron chi connectivity index (χ1n) is 11.4. The second-order valence-electron chi connectivity index (χ2n) is 8.07. The minimum atomic E-state index is -0.254. The molecule has 0 saturated heterocycles. The smallest absolute Gasteiger partial charge is 0.176 e. The summed E-state index contributed by atoms with van der Waals surface area (Å²) in [5.41, 5.74) is 7.70. The number of H-pyrrole nitrogens is 2. The predicted octanol–water partition coefficient (Wildman–Crippen LogP) is 6.75. The summed E-state index contributed by atoms with van der Waals surface area (Å²) in [4.78, 5) is 18.1. The van der Waals surface area contributed by atoms with Gasteiger partial charge >= 0.3 is 0 Å². The number of nitrogens with zero attached hydrogens (tertiary/aromatic N) is 4. The number of thiophene rings is 1. The highest BCUT2D eigenvalue weighted by molar-refractivity contribution is 7.14. The van der Waals surface area contributed by atoms with Crippen molar-refractivity contribution < 1.29 is 4.39 Å². The van der Waals surface area contributed by atoms with Crippen molar-refractivity contribution in [2.75, 3.05) is 0 Å². The Hall–Kier alpha value is -4.37. The van der Waals surface area contributed by atoms with Crippen LogP contribution in [0.15, 0.2) is 79.4 Å². The summed E-state index contributed by atoms with van der Waals surface area (Å²) in [7, 11) is 0. The molecule has 5 aromatic rings. The molecule has 3 N–H and O–H groups in total. The van der Waals surface area contributed by atoms with Crippen molar-refractivity contribution >= 4 is 39.0 Å². The largest absolute Gasteiger partial charge is 0.359 e. The molecule has 0 amide bonds. The minimum absolute atomic E-state index is 0.254. The van der Waals surface area contributed by atoms with Gasteiger partial charge in [0.05, 0.1) is 22.9 Å². The Bertz CT molecular complexity index is 1670. The van der Waals surface area contributed by atoms with Gasteiger partial charge in [0.2, 0.25) is 0 Å². The number of imidazole rings is 1. The number of aromatic nitrogens is 6. The van der Waals surface area contributed by atoms with Crippen molar-refractivity contribution in [1.29, 1.82) is 0 Å². The highest BCUT2D eigenvalue weighted by Gasteiger charge is 2.18. The Kier molecular flexibility index (Phi) is 6.30. The molecule has 0 aliphatic carbocycles. The standard InChI is InChI=1S/C27H24FN7S/c1-5-15(4)30-17(7-3)12-16(6-2)19-8-9-20-25(31-19)26(35-34-20)27-32-21-14-29-13-18(24(21)33-27)22-10-11-23(28)36-22/h6-14,30H,3-5H2,1-2H3,(H,32,33)(H,34,35)/b16-6+,17-12+. The van der Waals surface area contributed by atoms with Crippen LogP contribution in [0.4, 0.5) is 4.39 Å². The van der Waals surface area contributed by atoms with E-state index >= 15 is 0 Å². The van der Waals surface area contributed by atoms with E-state index in [4.69, 9.17) is 9.97 Å². The lowest BCUT2D eigenvalue weighted by Crippen LogP contribution is -2.09. The number of fused-ring (bicyclic) bond motifs is 2.